The van der Waals surface area contributed by atoms with E-state index in [1.165, 1.54) is 11.3 Å². The minimum absolute atomic E-state index is 0.363. The largest absolute Gasteiger partial charge is 0.312 e. The zero-order valence-corrected chi connectivity index (χ0v) is 13.2. The van der Waals surface area contributed by atoms with Gasteiger partial charge in [0.1, 0.15) is 5.52 Å². The third-order valence-electron chi connectivity index (χ3n) is 4.90. The van der Waals surface area contributed by atoms with Gasteiger partial charge in [0, 0.05) is 51.9 Å². The molecule has 114 valence electrons. The van der Waals surface area contributed by atoms with Crippen molar-refractivity contribution in [2.75, 3.05) is 6.54 Å². The molecule has 0 saturated heterocycles. The normalized spacial score (nSPS) is 16.1. The number of hydrogen-bond donors (Lipinski definition) is 1. The van der Waals surface area contributed by atoms with E-state index in [1.54, 1.807) is 0 Å². The summed E-state index contributed by atoms with van der Waals surface area (Å²) < 4.78 is 3.35. The highest BCUT2D eigenvalue weighted by atomic mass is 35.5. The number of hydrogen-bond acceptors (Lipinski definition) is 2. The van der Waals surface area contributed by atoms with E-state index in [4.69, 9.17) is 11.6 Å². The van der Waals surface area contributed by atoms with Crippen molar-refractivity contribution in [2.24, 2.45) is 0 Å². The van der Waals surface area contributed by atoms with Gasteiger partial charge in [-0.3, -0.25) is 0 Å². The molecule has 3 aromatic rings. The Morgan fingerprint density at radius 3 is 2.96 bits per heavy atom. The Bertz CT molecular complexity index is 990. The van der Waals surface area contributed by atoms with Crippen LogP contribution >= 0.6 is 11.6 Å². The first-order valence-corrected chi connectivity index (χ1v) is 8.22. The van der Waals surface area contributed by atoms with Crippen LogP contribution in [0.1, 0.15) is 16.8 Å². The minimum atomic E-state index is 0.363. The lowest BCUT2D eigenvalue weighted by Crippen LogP contribution is -2.24. The standard InChI is InChI=1S/C18H15ClN3O/c19-13-5-6-16-18-17(13)12-9-20-8-7-15(12)22(18)14-4-2-1-3-11(14)10-21(16)23/h1-6,20H,7-10H2/q+1. The Morgan fingerprint density at radius 1 is 1.17 bits per heavy atom. The summed E-state index contributed by atoms with van der Waals surface area (Å²) in [6, 6.07) is 11.8. The maximum absolute atomic E-state index is 12.7. The number of nitrogens with one attached hydrogen (secondary N) is 1. The summed E-state index contributed by atoms with van der Waals surface area (Å²) in [7, 11) is 0. The summed E-state index contributed by atoms with van der Waals surface area (Å²) in [6.45, 7) is 2.10. The molecule has 5 heteroatoms. The summed E-state index contributed by atoms with van der Waals surface area (Å²) in [5.74, 6) is 0. The van der Waals surface area contributed by atoms with Gasteiger partial charge in [-0.05, 0) is 17.7 Å². The monoisotopic (exact) mass is 324 g/mol. The van der Waals surface area contributed by atoms with Gasteiger partial charge in [-0.2, -0.15) is 0 Å². The molecule has 0 saturated carbocycles. The lowest BCUT2D eigenvalue weighted by atomic mass is 10.0. The van der Waals surface area contributed by atoms with Gasteiger partial charge in [-0.15, -0.1) is 0 Å². The second-order valence-corrected chi connectivity index (χ2v) is 6.55. The second-order valence-electron chi connectivity index (χ2n) is 6.14. The van der Waals surface area contributed by atoms with E-state index >= 15 is 0 Å². The van der Waals surface area contributed by atoms with Crippen molar-refractivity contribution in [3.63, 3.8) is 0 Å². The number of aromatic nitrogens is 1. The van der Waals surface area contributed by atoms with E-state index in [1.807, 2.05) is 30.3 Å². The van der Waals surface area contributed by atoms with Crippen molar-refractivity contribution < 1.29 is 4.76 Å². The fraction of sp³-hybridized carbons (Fsp3) is 0.222. The SMILES string of the molecule is O=[N+]1Cc2ccccc2-n2c3c(c4c(Cl)ccc1c42)CNCC3. The number of rotatable bonds is 0. The highest BCUT2D eigenvalue weighted by Gasteiger charge is 2.33. The summed E-state index contributed by atoms with van der Waals surface area (Å²) in [6.07, 6.45) is 0.937. The van der Waals surface area contributed by atoms with Gasteiger partial charge in [0.15, 0.2) is 0 Å². The van der Waals surface area contributed by atoms with Crippen LogP contribution in [0.15, 0.2) is 36.4 Å². The smallest absolute Gasteiger partial charge is 0.280 e. The first-order chi connectivity index (χ1) is 11.3. The first kappa shape index (κ1) is 13.3. The Balaban J connectivity index is 2.04. The average Bonchev–Trinajstić information content (AvgIpc) is 2.85. The summed E-state index contributed by atoms with van der Waals surface area (Å²) in [4.78, 5) is 12.7. The lowest BCUT2D eigenvalue weighted by molar-refractivity contribution is -0.478. The van der Waals surface area contributed by atoms with Crippen LogP contribution < -0.4 is 5.32 Å². The van der Waals surface area contributed by atoms with E-state index in [9.17, 15) is 4.91 Å². The van der Waals surface area contributed by atoms with Crippen LogP contribution in [0.3, 0.4) is 0 Å². The molecule has 2 aromatic carbocycles. The van der Waals surface area contributed by atoms with E-state index in [2.05, 4.69) is 16.0 Å². The molecule has 0 fully saturated rings. The predicted octanol–water partition coefficient (Wildman–Crippen LogP) is 3.85. The molecule has 2 aliphatic heterocycles. The average molecular weight is 325 g/mol. The van der Waals surface area contributed by atoms with Gasteiger partial charge in [-0.25, -0.2) is 0 Å². The summed E-state index contributed by atoms with van der Waals surface area (Å²) in [5.41, 5.74) is 6.30. The van der Waals surface area contributed by atoms with E-state index in [0.29, 0.717) is 12.2 Å². The molecule has 0 bridgehead atoms. The van der Waals surface area contributed by atoms with Gasteiger partial charge in [0.2, 0.25) is 6.54 Å². The number of nitroso groups, excluding NO2 is 1. The highest BCUT2D eigenvalue weighted by molar-refractivity contribution is 6.36. The van der Waals surface area contributed by atoms with Crippen LogP contribution in [0.25, 0.3) is 16.6 Å². The first-order valence-electron chi connectivity index (χ1n) is 7.84. The molecular weight excluding hydrogens is 310 g/mol. The van der Waals surface area contributed by atoms with Crippen molar-refractivity contribution in [2.45, 2.75) is 19.5 Å². The second kappa shape index (κ2) is 4.66. The molecule has 0 unspecified atom stereocenters. The molecular formula is C18H15ClN3O+. The van der Waals surface area contributed by atoms with Crippen LogP contribution in [-0.2, 0) is 19.5 Å². The number of halogens is 1. The maximum Gasteiger partial charge on any atom is 0.280 e. The Hall–Kier alpha value is -2.17. The number of fused-ring (bicyclic) bond motifs is 5. The molecule has 5 rings (SSSR count). The van der Waals surface area contributed by atoms with Crippen molar-refractivity contribution >= 4 is 28.2 Å². The third kappa shape index (κ3) is 1.70. The van der Waals surface area contributed by atoms with Crippen molar-refractivity contribution in [1.29, 1.82) is 0 Å². The molecule has 0 amide bonds. The van der Waals surface area contributed by atoms with Gasteiger partial charge in [0.05, 0.1) is 10.7 Å². The lowest BCUT2D eigenvalue weighted by Gasteiger charge is -2.17. The molecule has 1 aromatic heterocycles. The molecule has 0 atom stereocenters. The van der Waals surface area contributed by atoms with Gasteiger partial charge in [0.25, 0.3) is 5.69 Å². The quantitative estimate of drug-likeness (QED) is 0.638. The molecule has 2 aliphatic rings. The maximum atomic E-state index is 12.7. The number of nitrogens with zero attached hydrogens (tertiary/aromatic N) is 2. The van der Waals surface area contributed by atoms with Gasteiger partial charge < -0.3 is 9.88 Å². The summed E-state index contributed by atoms with van der Waals surface area (Å²) >= 11 is 6.53. The molecule has 0 spiro atoms. The molecule has 23 heavy (non-hydrogen) atoms. The van der Waals surface area contributed by atoms with Crippen molar-refractivity contribution in [1.82, 2.24) is 9.88 Å². The number of para-hydroxylation sites is 1. The number of benzene rings is 2. The van der Waals surface area contributed by atoms with Crippen molar-refractivity contribution in [3.05, 3.63) is 63.1 Å². The molecule has 3 heterocycles. The summed E-state index contributed by atoms with van der Waals surface area (Å²) in [5, 5.41) is 5.16. The topological polar surface area (TPSA) is 37.0 Å². The Labute approximate surface area is 138 Å². The third-order valence-corrected chi connectivity index (χ3v) is 5.22. The van der Waals surface area contributed by atoms with Crippen LogP contribution in [0, 0.1) is 4.91 Å². The molecule has 1 N–H and O–H groups in total. The van der Waals surface area contributed by atoms with Crippen LogP contribution in [-0.4, -0.2) is 15.9 Å². The Morgan fingerprint density at radius 2 is 2.04 bits per heavy atom. The van der Waals surface area contributed by atoms with Crippen LogP contribution in [0.2, 0.25) is 5.02 Å². The van der Waals surface area contributed by atoms with Crippen LogP contribution in [0.4, 0.5) is 5.69 Å². The van der Waals surface area contributed by atoms with E-state index in [-0.39, 0.29) is 0 Å². The van der Waals surface area contributed by atoms with Gasteiger partial charge in [-0.1, -0.05) is 29.8 Å². The fourth-order valence-electron chi connectivity index (χ4n) is 3.93. The predicted molar refractivity (Wildman–Crippen MR) is 90.7 cm³/mol. The highest BCUT2D eigenvalue weighted by Crippen LogP contribution is 2.43. The van der Waals surface area contributed by atoms with Crippen LogP contribution in [0.5, 0.6) is 0 Å². The van der Waals surface area contributed by atoms with E-state index in [0.717, 1.165) is 51.4 Å². The zero-order chi connectivity index (χ0) is 15.6. The van der Waals surface area contributed by atoms with Crippen molar-refractivity contribution in [3.8, 4) is 5.69 Å². The molecule has 0 aliphatic carbocycles. The zero-order valence-electron chi connectivity index (χ0n) is 12.5. The minimum Gasteiger partial charge on any atom is -0.312 e. The fourth-order valence-corrected chi connectivity index (χ4v) is 4.19. The Kier molecular flexibility index (Phi) is 2.69. The molecule has 4 nitrogen and oxygen atoms in total. The van der Waals surface area contributed by atoms with E-state index < -0.39 is 0 Å². The molecule has 0 radical (unpaired) electrons. The van der Waals surface area contributed by atoms with Gasteiger partial charge >= 0.3 is 0 Å².